The number of phenolic OH excluding ortho intramolecular Hbond substituents is 1. The van der Waals surface area contributed by atoms with Crippen molar-refractivity contribution in [1.29, 1.82) is 0 Å². The van der Waals surface area contributed by atoms with Crippen molar-refractivity contribution in [1.82, 2.24) is 19.6 Å². The molecule has 188 valence electrons. The topological polar surface area (TPSA) is 53.8 Å². The highest BCUT2D eigenvalue weighted by Crippen LogP contribution is 2.30. The normalized spacial score (nSPS) is 16.1. The summed E-state index contributed by atoms with van der Waals surface area (Å²) in [6.45, 7) is 5.40. The smallest absolute Gasteiger partial charge is 0.126 e. The summed E-state index contributed by atoms with van der Waals surface area (Å²) >= 11 is 0. The summed E-state index contributed by atoms with van der Waals surface area (Å²) in [6, 6.07) is 12.7. The molecular formula is C28H37FN4O2. The Morgan fingerprint density at radius 2 is 1.89 bits per heavy atom. The van der Waals surface area contributed by atoms with Crippen LogP contribution in [0, 0.1) is 18.7 Å². The minimum atomic E-state index is -0.130. The number of nitrogens with zero attached hydrogens (tertiary/aromatic N) is 4. The van der Waals surface area contributed by atoms with E-state index in [0.717, 1.165) is 55.0 Å². The molecule has 1 saturated heterocycles. The van der Waals surface area contributed by atoms with Crippen LogP contribution in [0.25, 0.3) is 0 Å². The van der Waals surface area contributed by atoms with E-state index in [1.54, 1.807) is 31.4 Å². The van der Waals surface area contributed by atoms with Crippen LogP contribution in [-0.2, 0) is 26.6 Å². The van der Waals surface area contributed by atoms with Gasteiger partial charge in [-0.1, -0.05) is 18.2 Å². The molecule has 4 rings (SSSR count). The van der Waals surface area contributed by atoms with Gasteiger partial charge in [-0.2, -0.15) is 5.10 Å². The summed E-state index contributed by atoms with van der Waals surface area (Å²) < 4.78 is 21.8. The Morgan fingerprint density at radius 3 is 2.54 bits per heavy atom. The Morgan fingerprint density at radius 1 is 1.14 bits per heavy atom. The minimum absolute atomic E-state index is 0.130. The number of phenols is 1. The summed E-state index contributed by atoms with van der Waals surface area (Å²) in [5, 5.41) is 14.8. The number of benzene rings is 2. The highest BCUT2D eigenvalue weighted by Gasteiger charge is 2.30. The van der Waals surface area contributed by atoms with Gasteiger partial charge < -0.3 is 9.84 Å². The van der Waals surface area contributed by atoms with Gasteiger partial charge in [-0.05, 0) is 82.1 Å². The van der Waals surface area contributed by atoms with Crippen LogP contribution in [0.15, 0.2) is 48.7 Å². The van der Waals surface area contributed by atoms with Crippen molar-refractivity contribution in [3.05, 3.63) is 76.9 Å². The van der Waals surface area contributed by atoms with Crippen LogP contribution in [-0.4, -0.2) is 58.0 Å². The zero-order valence-corrected chi connectivity index (χ0v) is 21.2. The summed E-state index contributed by atoms with van der Waals surface area (Å²) in [4.78, 5) is 4.76. The molecule has 1 aliphatic rings. The van der Waals surface area contributed by atoms with Crippen molar-refractivity contribution in [3.8, 4) is 11.5 Å². The lowest BCUT2D eigenvalue weighted by Crippen LogP contribution is -2.45. The molecule has 0 spiro atoms. The van der Waals surface area contributed by atoms with E-state index in [2.05, 4.69) is 28.1 Å². The number of likely N-dealkylation sites (N-methyl/N-ethyl adjacent to an activating group) is 1. The second-order valence-electron chi connectivity index (χ2n) is 9.80. The average molecular weight is 481 g/mol. The van der Waals surface area contributed by atoms with E-state index in [4.69, 9.17) is 4.74 Å². The molecule has 1 aliphatic heterocycles. The van der Waals surface area contributed by atoms with Gasteiger partial charge >= 0.3 is 0 Å². The highest BCUT2D eigenvalue weighted by molar-refractivity contribution is 5.39. The fraction of sp³-hybridized carbons (Fsp3) is 0.464. The number of methoxy groups -OCH3 is 1. The van der Waals surface area contributed by atoms with Gasteiger partial charge in [0.15, 0.2) is 0 Å². The standard InChI is InChI=1S/C28H37FN4O2/c1-20-24(18-32(3)30-20)17-31(2)27(16-22-7-5-6-8-26(22)29)21-11-13-33(14-12-21)19-23-15-25(35-4)9-10-28(23)34/h5-10,15,18,21,27,34H,11-14,16-17,19H2,1-4H3/t27-/m0/s1. The fourth-order valence-electron chi connectivity index (χ4n) is 5.31. The number of halogens is 1. The van der Waals surface area contributed by atoms with Crippen LogP contribution >= 0.6 is 0 Å². The molecule has 0 aliphatic carbocycles. The van der Waals surface area contributed by atoms with E-state index in [1.807, 2.05) is 36.9 Å². The lowest BCUT2D eigenvalue weighted by molar-refractivity contribution is 0.0944. The fourth-order valence-corrected chi connectivity index (χ4v) is 5.31. The van der Waals surface area contributed by atoms with Gasteiger partial charge in [0.1, 0.15) is 17.3 Å². The molecule has 2 heterocycles. The average Bonchev–Trinajstić information content (AvgIpc) is 3.16. The Balaban J connectivity index is 1.46. The van der Waals surface area contributed by atoms with Gasteiger partial charge in [0.05, 0.1) is 12.8 Å². The molecule has 0 unspecified atom stereocenters. The van der Waals surface area contributed by atoms with Crippen molar-refractivity contribution in [3.63, 3.8) is 0 Å². The van der Waals surface area contributed by atoms with E-state index in [1.165, 1.54) is 5.56 Å². The zero-order chi connectivity index (χ0) is 24.9. The van der Waals surface area contributed by atoms with Crippen molar-refractivity contribution in [2.24, 2.45) is 13.0 Å². The number of ether oxygens (including phenoxy) is 1. The predicted molar refractivity (Wildman–Crippen MR) is 136 cm³/mol. The van der Waals surface area contributed by atoms with E-state index >= 15 is 0 Å². The monoisotopic (exact) mass is 480 g/mol. The van der Waals surface area contributed by atoms with Gasteiger partial charge in [0.25, 0.3) is 0 Å². The first kappa shape index (κ1) is 25.2. The second-order valence-corrected chi connectivity index (χ2v) is 9.80. The highest BCUT2D eigenvalue weighted by atomic mass is 19.1. The van der Waals surface area contributed by atoms with Crippen molar-refractivity contribution < 1.29 is 14.2 Å². The first-order chi connectivity index (χ1) is 16.8. The third kappa shape index (κ3) is 6.21. The number of hydrogen-bond acceptors (Lipinski definition) is 5. The second kappa shape index (κ2) is 11.2. The van der Waals surface area contributed by atoms with E-state index in [9.17, 15) is 9.50 Å². The Hall–Kier alpha value is -2.90. The van der Waals surface area contributed by atoms with Gasteiger partial charge in [0, 0.05) is 43.5 Å². The Bertz CT molecular complexity index is 1120. The van der Waals surface area contributed by atoms with Gasteiger partial charge in [0.2, 0.25) is 0 Å². The molecule has 1 atom stereocenters. The Kier molecular flexibility index (Phi) is 8.08. The SMILES string of the molecule is COc1ccc(O)c(CN2CCC([C@H](Cc3ccccc3F)N(C)Cc3cn(C)nc3C)CC2)c1. The van der Waals surface area contributed by atoms with E-state index < -0.39 is 0 Å². The van der Waals surface area contributed by atoms with Crippen LogP contribution in [0.5, 0.6) is 11.5 Å². The first-order valence-corrected chi connectivity index (χ1v) is 12.3. The van der Waals surface area contributed by atoms with E-state index in [-0.39, 0.29) is 11.9 Å². The number of likely N-dealkylation sites (tertiary alicyclic amines) is 1. The van der Waals surface area contributed by atoms with Crippen molar-refractivity contribution in [2.75, 3.05) is 27.2 Å². The number of hydrogen-bond donors (Lipinski definition) is 1. The molecule has 35 heavy (non-hydrogen) atoms. The lowest BCUT2D eigenvalue weighted by atomic mass is 9.84. The minimum Gasteiger partial charge on any atom is -0.508 e. The molecule has 0 saturated carbocycles. The maximum absolute atomic E-state index is 14.6. The van der Waals surface area contributed by atoms with Gasteiger partial charge in [-0.3, -0.25) is 14.5 Å². The molecule has 1 fully saturated rings. The zero-order valence-electron chi connectivity index (χ0n) is 21.2. The van der Waals surface area contributed by atoms with Gasteiger partial charge in [-0.15, -0.1) is 0 Å². The summed E-state index contributed by atoms with van der Waals surface area (Å²) in [6.07, 6.45) is 4.82. The summed E-state index contributed by atoms with van der Waals surface area (Å²) in [5.41, 5.74) is 3.90. The number of rotatable bonds is 9. The molecule has 6 nitrogen and oxygen atoms in total. The molecule has 1 N–H and O–H groups in total. The number of aryl methyl sites for hydroxylation is 2. The van der Waals surface area contributed by atoms with Crippen LogP contribution < -0.4 is 4.74 Å². The number of aromatic hydroxyl groups is 1. The number of piperidine rings is 1. The van der Waals surface area contributed by atoms with Crippen LogP contribution in [0.4, 0.5) is 4.39 Å². The largest absolute Gasteiger partial charge is 0.508 e. The third-order valence-electron chi connectivity index (χ3n) is 7.34. The molecule has 2 aromatic carbocycles. The van der Waals surface area contributed by atoms with Crippen LogP contribution in [0.1, 0.15) is 35.2 Å². The summed E-state index contributed by atoms with van der Waals surface area (Å²) in [5.74, 6) is 1.38. The maximum atomic E-state index is 14.6. The predicted octanol–water partition coefficient (Wildman–Crippen LogP) is 4.54. The molecule has 7 heteroatoms. The molecule has 0 amide bonds. The molecule has 0 radical (unpaired) electrons. The van der Waals surface area contributed by atoms with Crippen LogP contribution in [0.3, 0.4) is 0 Å². The quantitative estimate of drug-likeness (QED) is 0.488. The van der Waals surface area contributed by atoms with Crippen LogP contribution in [0.2, 0.25) is 0 Å². The number of aromatic nitrogens is 2. The third-order valence-corrected chi connectivity index (χ3v) is 7.34. The van der Waals surface area contributed by atoms with Crippen molar-refractivity contribution >= 4 is 0 Å². The first-order valence-electron chi connectivity index (χ1n) is 12.3. The lowest BCUT2D eigenvalue weighted by Gasteiger charge is -2.40. The Labute approximate surface area is 207 Å². The molecule has 3 aromatic rings. The van der Waals surface area contributed by atoms with Gasteiger partial charge in [-0.25, -0.2) is 4.39 Å². The van der Waals surface area contributed by atoms with Crippen molar-refractivity contribution in [2.45, 2.75) is 45.3 Å². The summed E-state index contributed by atoms with van der Waals surface area (Å²) in [7, 11) is 5.74. The molecule has 1 aromatic heterocycles. The molecule has 0 bridgehead atoms. The maximum Gasteiger partial charge on any atom is 0.126 e. The molecular weight excluding hydrogens is 443 g/mol. The van der Waals surface area contributed by atoms with E-state index in [0.29, 0.717) is 24.6 Å².